The van der Waals surface area contributed by atoms with E-state index in [0.29, 0.717) is 10.6 Å². The molecule has 1 aliphatic rings. The van der Waals surface area contributed by atoms with E-state index in [1.165, 1.54) is 5.56 Å². The van der Waals surface area contributed by atoms with Gasteiger partial charge in [0.25, 0.3) is 0 Å². The van der Waals surface area contributed by atoms with E-state index in [1.807, 2.05) is 6.07 Å². The van der Waals surface area contributed by atoms with E-state index >= 15 is 0 Å². The van der Waals surface area contributed by atoms with Gasteiger partial charge in [0.2, 0.25) is 0 Å². The van der Waals surface area contributed by atoms with E-state index in [4.69, 9.17) is 11.6 Å². The molecular formula is C13H17ClO2. The zero-order chi connectivity index (χ0) is 11.9. The lowest BCUT2D eigenvalue weighted by Gasteiger charge is -2.28. The molecule has 0 fully saturated rings. The molecule has 0 aromatic heterocycles. The number of phenols is 1. The topological polar surface area (TPSA) is 40.5 Å². The van der Waals surface area contributed by atoms with E-state index in [1.54, 1.807) is 13.8 Å². The molecular weight excluding hydrogens is 224 g/mol. The smallest absolute Gasteiger partial charge is 0.140 e. The highest BCUT2D eigenvalue weighted by Crippen LogP contribution is 2.41. The van der Waals surface area contributed by atoms with Crippen molar-refractivity contribution in [2.24, 2.45) is 0 Å². The Morgan fingerprint density at radius 2 is 1.88 bits per heavy atom. The van der Waals surface area contributed by atoms with Crippen LogP contribution in [0, 0.1) is 0 Å². The quantitative estimate of drug-likeness (QED) is 0.792. The van der Waals surface area contributed by atoms with Gasteiger partial charge in [-0.2, -0.15) is 0 Å². The Kier molecular flexibility index (Phi) is 2.89. The maximum Gasteiger partial charge on any atom is 0.140 e. The summed E-state index contributed by atoms with van der Waals surface area (Å²) in [6.45, 7) is 3.38. The van der Waals surface area contributed by atoms with Gasteiger partial charge in [0.05, 0.1) is 10.6 Å². The molecule has 0 atom stereocenters. The van der Waals surface area contributed by atoms with Crippen molar-refractivity contribution in [3.8, 4) is 5.75 Å². The summed E-state index contributed by atoms with van der Waals surface area (Å²) in [6.07, 6.45) is 4.16. The first-order valence-corrected chi connectivity index (χ1v) is 6.05. The van der Waals surface area contributed by atoms with Crippen molar-refractivity contribution >= 4 is 11.6 Å². The maximum atomic E-state index is 10.1. The highest BCUT2D eigenvalue weighted by atomic mass is 35.5. The molecule has 0 spiro atoms. The van der Waals surface area contributed by atoms with Crippen LogP contribution in [0.3, 0.4) is 0 Å². The maximum absolute atomic E-state index is 10.1. The Morgan fingerprint density at radius 1 is 1.25 bits per heavy atom. The largest absolute Gasteiger partial charge is 0.506 e. The fraction of sp³-hybridized carbons (Fsp3) is 0.538. The Bertz CT molecular complexity index is 419. The van der Waals surface area contributed by atoms with Crippen molar-refractivity contribution in [3.63, 3.8) is 0 Å². The van der Waals surface area contributed by atoms with Gasteiger partial charge >= 0.3 is 0 Å². The zero-order valence-corrected chi connectivity index (χ0v) is 10.4. The first-order valence-electron chi connectivity index (χ1n) is 5.67. The minimum atomic E-state index is -1.05. The number of hydrogen-bond donors (Lipinski definition) is 2. The number of halogens is 1. The molecule has 1 aromatic carbocycles. The summed E-state index contributed by atoms with van der Waals surface area (Å²) in [5.74, 6) is 0.0369. The molecule has 2 N–H and O–H groups in total. The van der Waals surface area contributed by atoms with Crippen LogP contribution in [0.5, 0.6) is 5.75 Å². The Balaban J connectivity index is 2.69. The summed E-state index contributed by atoms with van der Waals surface area (Å²) in [5.41, 5.74) is 1.82. The molecule has 0 unspecified atom stereocenters. The van der Waals surface area contributed by atoms with E-state index in [9.17, 15) is 10.2 Å². The second-order valence-corrected chi connectivity index (χ2v) is 5.39. The lowest BCUT2D eigenvalue weighted by molar-refractivity contribution is 0.0745. The van der Waals surface area contributed by atoms with Crippen LogP contribution < -0.4 is 0 Å². The SMILES string of the molecule is CC(C)(O)c1c(O)c(Cl)cc2c1CCCC2. The number of rotatable bonds is 1. The minimum Gasteiger partial charge on any atom is -0.506 e. The van der Waals surface area contributed by atoms with Crippen molar-refractivity contribution in [2.45, 2.75) is 45.1 Å². The predicted molar refractivity (Wildman–Crippen MR) is 65.0 cm³/mol. The van der Waals surface area contributed by atoms with Gasteiger partial charge in [0, 0.05) is 5.56 Å². The Hall–Kier alpha value is -0.730. The van der Waals surface area contributed by atoms with Crippen LogP contribution in [-0.2, 0) is 18.4 Å². The molecule has 1 aromatic rings. The molecule has 0 bridgehead atoms. The second-order valence-electron chi connectivity index (χ2n) is 4.99. The van der Waals surface area contributed by atoms with E-state index in [2.05, 4.69) is 0 Å². The van der Waals surface area contributed by atoms with Crippen LogP contribution in [0.2, 0.25) is 5.02 Å². The molecule has 0 saturated heterocycles. The van der Waals surface area contributed by atoms with Gasteiger partial charge in [-0.05, 0) is 56.7 Å². The highest BCUT2D eigenvalue weighted by molar-refractivity contribution is 6.32. The molecule has 0 amide bonds. The average molecular weight is 241 g/mol. The lowest BCUT2D eigenvalue weighted by Crippen LogP contribution is -2.21. The van der Waals surface area contributed by atoms with Crippen LogP contribution in [0.25, 0.3) is 0 Å². The van der Waals surface area contributed by atoms with Crippen molar-refractivity contribution in [1.82, 2.24) is 0 Å². The lowest BCUT2D eigenvalue weighted by atomic mass is 9.82. The summed E-state index contributed by atoms with van der Waals surface area (Å²) < 4.78 is 0. The van der Waals surface area contributed by atoms with E-state index in [-0.39, 0.29) is 5.75 Å². The van der Waals surface area contributed by atoms with Gasteiger partial charge in [0.15, 0.2) is 0 Å². The zero-order valence-electron chi connectivity index (χ0n) is 9.68. The third-order valence-electron chi connectivity index (χ3n) is 3.19. The van der Waals surface area contributed by atoms with Crippen molar-refractivity contribution in [1.29, 1.82) is 0 Å². The van der Waals surface area contributed by atoms with Crippen LogP contribution in [0.15, 0.2) is 6.07 Å². The molecule has 88 valence electrons. The molecule has 0 saturated carbocycles. The third-order valence-corrected chi connectivity index (χ3v) is 3.48. The molecule has 3 heteroatoms. The second kappa shape index (κ2) is 3.94. The molecule has 16 heavy (non-hydrogen) atoms. The standard InChI is InChI=1S/C13H17ClO2/c1-13(2,16)11-9-6-4-3-5-8(9)7-10(14)12(11)15/h7,15-16H,3-6H2,1-2H3. The number of hydrogen-bond acceptors (Lipinski definition) is 2. The van der Waals surface area contributed by atoms with Gasteiger partial charge in [-0.15, -0.1) is 0 Å². The number of aromatic hydroxyl groups is 1. The Labute approximate surface area is 101 Å². The number of fused-ring (bicyclic) bond motifs is 1. The van der Waals surface area contributed by atoms with Crippen LogP contribution in [0.1, 0.15) is 43.4 Å². The fourth-order valence-corrected chi connectivity index (χ4v) is 2.74. The third kappa shape index (κ3) is 1.92. The van der Waals surface area contributed by atoms with Gasteiger partial charge < -0.3 is 10.2 Å². The molecule has 0 aliphatic heterocycles. The first-order chi connectivity index (χ1) is 7.41. The summed E-state index contributed by atoms with van der Waals surface area (Å²) in [5, 5.41) is 20.5. The van der Waals surface area contributed by atoms with Crippen LogP contribution >= 0.6 is 11.6 Å². The molecule has 1 aliphatic carbocycles. The monoisotopic (exact) mass is 240 g/mol. The first kappa shape index (κ1) is 11.7. The number of aliphatic hydroxyl groups is 1. The Morgan fingerprint density at radius 3 is 2.50 bits per heavy atom. The van der Waals surface area contributed by atoms with Gasteiger partial charge in [-0.3, -0.25) is 0 Å². The minimum absolute atomic E-state index is 0.0369. The van der Waals surface area contributed by atoms with Gasteiger partial charge in [-0.1, -0.05) is 11.6 Å². The molecule has 0 radical (unpaired) electrons. The highest BCUT2D eigenvalue weighted by Gasteiger charge is 2.28. The number of aryl methyl sites for hydroxylation is 1. The van der Waals surface area contributed by atoms with Gasteiger partial charge in [-0.25, -0.2) is 0 Å². The summed E-state index contributed by atoms with van der Waals surface area (Å²) in [7, 11) is 0. The predicted octanol–water partition coefficient (Wildman–Crippen LogP) is 3.15. The normalized spacial score (nSPS) is 16.0. The van der Waals surface area contributed by atoms with Crippen molar-refractivity contribution < 1.29 is 10.2 Å². The summed E-state index contributed by atoms with van der Waals surface area (Å²) >= 11 is 6.00. The fourth-order valence-electron chi connectivity index (χ4n) is 2.52. The average Bonchev–Trinajstić information content (AvgIpc) is 2.17. The molecule has 2 nitrogen and oxygen atoms in total. The van der Waals surface area contributed by atoms with Crippen molar-refractivity contribution in [3.05, 3.63) is 27.8 Å². The number of phenolic OH excluding ortho intramolecular Hbond substituents is 1. The van der Waals surface area contributed by atoms with Gasteiger partial charge in [0.1, 0.15) is 5.75 Å². The summed E-state index contributed by atoms with van der Waals surface area (Å²) in [4.78, 5) is 0. The van der Waals surface area contributed by atoms with E-state index < -0.39 is 5.60 Å². The number of benzene rings is 1. The van der Waals surface area contributed by atoms with Crippen LogP contribution in [-0.4, -0.2) is 10.2 Å². The summed E-state index contributed by atoms with van der Waals surface area (Å²) in [6, 6.07) is 1.83. The van der Waals surface area contributed by atoms with Crippen molar-refractivity contribution in [2.75, 3.05) is 0 Å². The molecule has 0 heterocycles. The molecule has 2 rings (SSSR count). The van der Waals surface area contributed by atoms with E-state index in [0.717, 1.165) is 31.2 Å². The van der Waals surface area contributed by atoms with Crippen LogP contribution in [0.4, 0.5) is 0 Å².